The highest BCUT2D eigenvalue weighted by Crippen LogP contribution is 2.18. The summed E-state index contributed by atoms with van der Waals surface area (Å²) < 4.78 is 31.5. The number of hydrogen-bond donors (Lipinski definition) is 1. The third-order valence-electron chi connectivity index (χ3n) is 3.06. The van der Waals surface area contributed by atoms with Crippen LogP contribution in [-0.2, 0) is 11.2 Å². The van der Waals surface area contributed by atoms with Gasteiger partial charge in [0, 0.05) is 17.3 Å². The molecule has 23 heavy (non-hydrogen) atoms. The minimum absolute atomic E-state index is 0.0549. The number of aromatic nitrogens is 1. The first-order valence-corrected chi connectivity index (χ1v) is 6.86. The summed E-state index contributed by atoms with van der Waals surface area (Å²) in [5.74, 6) is -1.55. The molecule has 0 bridgehead atoms. The van der Waals surface area contributed by atoms with E-state index in [-0.39, 0.29) is 12.1 Å². The van der Waals surface area contributed by atoms with Gasteiger partial charge in [0.25, 0.3) is 0 Å². The molecule has 0 aliphatic rings. The predicted octanol–water partition coefficient (Wildman–Crippen LogP) is 3.80. The fourth-order valence-electron chi connectivity index (χ4n) is 2.10. The average Bonchev–Trinajstić information content (AvgIpc) is 2.95. The molecule has 0 unspecified atom stereocenters. The van der Waals surface area contributed by atoms with Crippen LogP contribution in [0.4, 0.5) is 14.5 Å². The highest BCUT2D eigenvalue weighted by Gasteiger charge is 2.11. The largest absolute Gasteiger partial charge is 0.444 e. The number of anilines is 1. The van der Waals surface area contributed by atoms with Gasteiger partial charge in [-0.05, 0) is 24.3 Å². The molecule has 3 rings (SSSR count). The van der Waals surface area contributed by atoms with E-state index in [9.17, 15) is 13.6 Å². The number of benzene rings is 2. The second kappa shape index (κ2) is 6.39. The Bertz CT molecular complexity index is 811. The molecule has 0 saturated carbocycles. The molecule has 0 aliphatic carbocycles. The third kappa shape index (κ3) is 3.79. The zero-order chi connectivity index (χ0) is 16.2. The SMILES string of the molecule is O=C(Cc1coc(-c2ccccc2)n1)Nc1cc(F)cc(F)c1. The van der Waals surface area contributed by atoms with Crippen LogP contribution in [0.3, 0.4) is 0 Å². The molecule has 0 radical (unpaired) electrons. The quantitative estimate of drug-likeness (QED) is 0.797. The van der Waals surface area contributed by atoms with E-state index in [0.717, 1.165) is 23.8 Å². The van der Waals surface area contributed by atoms with Gasteiger partial charge in [0.15, 0.2) is 0 Å². The number of rotatable bonds is 4. The van der Waals surface area contributed by atoms with Gasteiger partial charge in [-0.1, -0.05) is 18.2 Å². The Morgan fingerprint density at radius 2 is 1.78 bits per heavy atom. The fraction of sp³-hybridized carbons (Fsp3) is 0.0588. The van der Waals surface area contributed by atoms with Crippen molar-refractivity contribution in [2.45, 2.75) is 6.42 Å². The van der Waals surface area contributed by atoms with Crippen LogP contribution in [0.2, 0.25) is 0 Å². The predicted molar refractivity (Wildman–Crippen MR) is 80.6 cm³/mol. The highest BCUT2D eigenvalue weighted by atomic mass is 19.1. The maximum atomic E-state index is 13.1. The molecule has 1 amide bonds. The number of halogens is 2. The molecule has 3 aromatic rings. The molecule has 1 heterocycles. The van der Waals surface area contributed by atoms with Crippen LogP contribution in [0.25, 0.3) is 11.5 Å². The van der Waals surface area contributed by atoms with E-state index in [1.54, 1.807) is 0 Å². The highest BCUT2D eigenvalue weighted by molar-refractivity contribution is 5.92. The number of amides is 1. The van der Waals surface area contributed by atoms with Crippen LogP contribution in [0.5, 0.6) is 0 Å². The van der Waals surface area contributed by atoms with Crippen molar-refractivity contribution in [2.24, 2.45) is 0 Å². The molecule has 116 valence electrons. The smallest absolute Gasteiger partial charge is 0.230 e. The first-order valence-electron chi connectivity index (χ1n) is 6.86. The molecule has 0 atom stereocenters. The number of carbonyl (C=O) groups is 1. The van der Waals surface area contributed by atoms with Crippen LogP contribution in [0.15, 0.2) is 59.2 Å². The molecule has 1 N–H and O–H groups in total. The fourth-order valence-corrected chi connectivity index (χ4v) is 2.10. The lowest BCUT2D eigenvalue weighted by molar-refractivity contribution is -0.115. The lowest BCUT2D eigenvalue weighted by Crippen LogP contribution is -2.14. The van der Waals surface area contributed by atoms with Crippen molar-refractivity contribution in [3.05, 3.63) is 72.1 Å². The molecular formula is C17H12F2N2O2. The van der Waals surface area contributed by atoms with E-state index in [1.165, 1.54) is 6.26 Å². The third-order valence-corrected chi connectivity index (χ3v) is 3.06. The summed E-state index contributed by atoms with van der Waals surface area (Å²) in [6, 6.07) is 12.1. The van der Waals surface area contributed by atoms with Crippen LogP contribution in [0, 0.1) is 11.6 Å². The Balaban J connectivity index is 1.68. The molecule has 0 aliphatic heterocycles. The lowest BCUT2D eigenvalue weighted by Gasteiger charge is -2.04. The molecule has 2 aromatic carbocycles. The molecule has 4 nitrogen and oxygen atoms in total. The van der Waals surface area contributed by atoms with E-state index in [1.807, 2.05) is 30.3 Å². The van der Waals surface area contributed by atoms with Gasteiger partial charge in [0.2, 0.25) is 11.8 Å². The first-order chi connectivity index (χ1) is 11.1. The summed E-state index contributed by atoms with van der Waals surface area (Å²) in [7, 11) is 0. The molecule has 6 heteroatoms. The minimum Gasteiger partial charge on any atom is -0.444 e. The topological polar surface area (TPSA) is 55.1 Å². The number of oxazole rings is 1. The minimum atomic E-state index is -0.756. The summed E-state index contributed by atoms with van der Waals surface area (Å²) in [6.07, 6.45) is 1.32. The number of hydrogen-bond acceptors (Lipinski definition) is 3. The van der Waals surface area contributed by atoms with Crippen molar-refractivity contribution in [3.63, 3.8) is 0 Å². The van der Waals surface area contributed by atoms with Gasteiger partial charge in [-0.25, -0.2) is 13.8 Å². The van der Waals surface area contributed by atoms with Gasteiger partial charge in [-0.15, -0.1) is 0 Å². The zero-order valence-electron chi connectivity index (χ0n) is 11.9. The van der Waals surface area contributed by atoms with Gasteiger partial charge in [0.1, 0.15) is 17.9 Å². The Morgan fingerprint density at radius 1 is 1.09 bits per heavy atom. The maximum absolute atomic E-state index is 13.1. The summed E-state index contributed by atoms with van der Waals surface area (Å²) >= 11 is 0. The van der Waals surface area contributed by atoms with Gasteiger partial charge in [0.05, 0.1) is 12.1 Å². The van der Waals surface area contributed by atoms with E-state index in [0.29, 0.717) is 11.6 Å². The lowest BCUT2D eigenvalue weighted by atomic mass is 10.2. The van der Waals surface area contributed by atoms with Crippen molar-refractivity contribution >= 4 is 11.6 Å². The van der Waals surface area contributed by atoms with Gasteiger partial charge in [-0.2, -0.15) is 0 Å². The average molecular weight is 314 g/mol. The van der Waals surface area contributed by atoms with Gasteiger partial charge < -0.3 is 9.73 Å². The normalized spacial score (nSPS) is 10.5. The Morgan fingerprint density at radius 3 is 2.48 bits per heavy atom. The Labute approximate surface area is 130 Å². The van der Waals surface area contributed by atoms with Crippen molar-refractivity contribution in [1.82, 2.24) is 4.98 Å². The van der Waals surface area contributed by atoms with Crippen LogP contribution < -0.4 is 5.32 Å². The molecule has 0 fully saturated rings. The molecule has 1 aromatic heterocycles. The van der Waals surface area contributed by atoms with Crippen LogP contribution >= 0.6 is 0 Å². The monoisotopic (exact) mass is 314 g/mol. The van der Waals surface area contributed by atoms with Crippen molar-refractivity contribution in [2.75, 3.05) is 5.32 Å². The standard InChI is InChI=1S/C17H12F2N2O2/c18-12-6-13(19)8-14(7-12)20-16(22)9-15-10-23-17(21-15)11-4-2-1-3-5-11/h1-8,10H,9H2,(H,20,22). The molecular weight excluding hydrogens is 302 g/mol. The number of nitrogens with one attached hydrogen (secondary N) is 1. The summed E-state index contributed by atoms with van der Waals surface area (Å²) in [4.78, 5) is 16.1. The first kappa shape index (κ1) is 14.9. The van der Waals surface area contributed by atoms with Gasteiger partial charge >= 0.3 is 0 Å². The van der Waals surface area contributed by atoms with Gasteiger partial charge in [-0.3, -0.25) is 4.79 Å². The summed E-state index contributed by atoms with van der Waals surface area (Å²) in [5.41, 5.74) is 1.28. The number of nitrogens with zero attached hydrogens (tertiary/aromatic N) is 1. The summed E-state index contributed by atoms with van der Waals surface area (Å²) in [5, 5.41) is 2.42. The van der Waals surface area contributed by atoms with E-state index < -0.39 is 17.5 Å². The van der Waals surface area contributed by atoms with Crippen molar-refractivity contribution in [1.29, 1.82) is 0 Å². The van der Waals surface area contributed by atoms with Crippen molar-refractivity contribution in [3.8, 4) is 11.5 Å². The Kier molecular flexibility index (Phi) is 4.14. The maximum Gasteiger partial charge on any atom is 0.230 e. The van der Waals surface area contributed by atoms with Crippen LogP contribution in [0.1, 0.15) is 5.69 Å². The Hall–Kier alpha value is -3.02. The molecule has 0 saturated heterocycles. The van der Waals surface area contributed by atoms with Crippen molar-refractivity contribution < 1.29 is 18.0 Å². The molecule has 0 spiro atoms. The zero-order valence-corrected chi connectivity index (χ0v) is 11.9. The second-order valence-corrected chi connectivity index (χ2v) is 4.89. The number of carbonyl (C=O) groups excluding carboxylic acids is 1. The van der Waals surface area contributed by atoms with E-state index >= 15 is 0 Å². The van der Waals surface area contributed by atoms with Crippen LogP contribution in [-0.4, -0.2) is 10.9 Å². The van der Waals surface area contributed by atoms with E-state index in [4.69, 9.17) is 4.42 Å². The summed E-state index contributed by atoms with van der Waals surface area (Å²) in [6.45, 7) is 0. The van der Waals surface area contributed by atoms with E-state index in [2.05, 4.69) is 10.3 Å². The second-order valence-electron chi connectivity index (χ2n) is 4.89.